The van der Waals surface area contributed by atoms with Gasteiger partial charge in [-0.15, -0.1) is 0 Å². The zero-order valence-corrected chi connectivity index (χ0v) is 10.00. The SMILES string of the molecule is CC1CN(c2ccc3c(c2)CCC3)CCN1. The molecule has 1 heterocycles. The molecular weight excluding hydrogens is 196 g/mol. The average Bonchev–Trinajstić information content (AvgIpc) is 2.75. The van der Waals surface area contributed by atoms with Gasteiger partial charge in [-0.3, -0.25) is 0 Å². The number of nitrogens with one attached hydrogen (secondary N) is 1. The summed E-state index contributed by atoms with van der Waals surface area (Å²) in [6.45, 7) is 5.65. The molecule has 0 amide bonds. The van der Waals surface area contributed by atoms with Crippen molar-refractivity contribution < 1.29 is 0 Å². The van der Waals surface area contributed by atoms with Gasteiger partial charge in [-0.25, -0.2) is 0 Å². The van der Waals surface area contributed by atoms with Crippen LogP contribution in [0.4, 0.5) is 5.69 Å². The van der Waals surface area contributed by atoms with E-state index in [2.05, 4.69) is 35.3 Å². The quantitative estimate of drug-likeness (QED) is 0.772. The maximum Gasteiger partial charge on any atom is 0.0370 e. The van der Waals surface area contributed by atoms with E-state index in [0.717, 1.165) is 19.6 Å². The topological polar surface area (TPSA) is 15.3 Å². The lowest BCUT2D eigenvalue weighted by molar-refractivity contribution is 0.485. The molecule has 1 N–H and O–H groups in total. The predicted octanol–water partition coefficient (Wildman–Crippen LogP) is 1.97. The van der Waals surface area contributed by atoms with Crippen LogP contribution in [0, 0.1) is 0 Å². The molecule has 1 aliphatic heterocycles. The third-order valence-electron chi connectivity index (χ3n) is 3.82. The molecule has 1 fully saturated rings. The zero-order chi connectivity index (χ0) is 11.0. The first-order chi connectivity index (χ1) is 7.83. The van der Waals surface area contributed by atoms with Crippen molar-refractivity contribution in [2.45, 2.75) is 32.2 Å². The molecule has 1 aromatic carbocycles. The maximum atomic E-state index is 3.49. The first kappa shape index (κ1) is 10.2. The number of piperazine rings is 1. The van der Waals surface area contributed by atoms with Crippen LogP contribution >= 0.6 is 0 Å². The Balaban J connectivity index is 1.83. The summed E-state index contributed by atoms with van der Waals surface area (Å²) in [6.07, 6.45) is 3.91. The van der Waals surface area contributed by atoms with Crippen LogP contribution in [0.1, 0.15) is 24.5 Å². The lowest BCUT2D eigenvalue weighted by Gasteiger charge is -2.34. The van der Waals surface area contributed by atoms with Crippen LogP contribution in [0.5, 0.6) is 0 Å². The van der Waals surface area contributed by atoms with Gasteiger partial charge in [0, 0.05) is 31.4 Å². The number of fused-ring (bicyclic) bond motifs is 1. The largest absolute Gasteiger partial charge is 0.369 e. The third kappa shape index (κ3) is 1.82. The summed E-state index contributed by atoms with van der Waals surface area (Å²) < 4.78 is 0. The second kappa shape index (κ2) is 4.10. The molecule has 0 spiro atoms. The molecule has 2 heteroatoms. The minimum absolute atomic E-state index is 0.613. The molecule has 0 saturated carbocycles. The number of hydrogen-bond donors (Lipinski definition) is 1. The van der Waals surface area contributed by atoms with Crippen molar-refractivity contribution in [1.82, 2.24) is 5.32 Å². The number of anilines is 1. The molecule has 0 aromatic heterocycles. The van der Waals surface area contributed by atoms with Crippen molar-refractivity contribution in [2.24, 2.45) is 0 Å². The Morgan fingerprint density at radius 2 is 2.12 bits per heavy atom. The van der Waals surface area contributed by atoms with Crippen LogP contribution in [-0.2, 0) is 12.8 Å². The normalized spacial score (nSPS) is 24.6. The molecule has 0 bridgehead atoms. The van der Waals surface area contributed by atoms with E-state index in [0.29, 0.717) is 6.04 Å². The predicted molar refractivity (Wildman–Crippen MR) is 68.1 cm³/mol. The Morgan fingerprint density at radius 3 is 3.00 bits per heavy atom. The summed E-state index contributed by atoms with van der Waals surface area (Å²) in [5.74, 6) is 0. The Bertz CT molecular complexity index is 386. The van der Waals surface area contributed by atoms with E-state index in [9.17, 15) is 0 Å². The zero-order valence-electron chi connectivity index (χ0n) is 10.00. The minimum atomic E-state index is 0.613. The summed E-state index contributed by atoms with van der Waals surface area (Å²) >= 11 is 0. The van der Waals surface area contributed by atoms with E-state index >= 15 is 0 Å². The van der Waals surface area contributed by atoms with Crippen molar-refractivity contribution in [3.05, 3.63) is 29.3 Å². The van der Waals surface area contributed by atoms with Gasteiger partial charge in [-0.1, -0.05) is 6.07 Å². The Labute approximate surface area is 97.6 Å². The fourth-order valence-corrected chi connectivity index (χ4v) is 2.92. The van der Waals surface area contributed by atoms with E-state index in [4.69, 9.17) is 0 Å². The molecule has 1 atom stereocenters. The fourth-order valence-electron chi connectivity index (χ4n) is 2.92. The van der Waals surface area contributed by atoms with Crippen molar-refractivity contribution in [2.75, 3.05) is 24.5 Å². The summed E-state index contributed by atoms with van der Waals surface area (Å²) in [5.41, 5.74) is 4.59. The minimum Gasteiger partial charge on any atom is -0.369 e. The van der Waals surface area contributed by atoms with Crippen LogP contribution in [0.25, 0.3) is 0 Å². The van der Waals surface area contributed by atoms with Crippen LogP contribution in [0.3, 0.4) is 0 Å². The maximum absolute atomic E-state index is 3.49. The number of rotatable bonds is 1. The van der Waals surface area contributed by atoms with Crippen LogP contribution in [0.2, 0.25) is 0 Å². The molecule has 2 aliphatic rings. The third-order valence-corrected chi connectivity index (χ3v) is 3.82. The van der Waals surface area contributed by atoms with Gasteiger partial charge in [-0.2, -0.15) is 0 Å². The second-order valence-corrected chi connectivity index (χ2v) is 5.11. The summed E-state index contributed by atoms with van der Waals surface area (Å²) in [4.78, 5) is 2.51. The van der Waals surface area contributed by atoms with Gasteiger partial charge in [0.25, 0.3) is 0 Å². The molecule has 16 heavy (non-hydrogen) atoms. The first-order valence-electron chi connectivity index (χ1n) is 6.43. The van der Waals surface area contributed by atoms with Gasteiger partial charge in [0.15, 0.2) is 0 Å². The van der Waals surface area contributed by atoms with Crippen molar-refractivity contribution in [1.29, 1.82) is 0 Å². The molecule has 1 aromatic rings. The Hall–Kier alpha value is -1.02. The van der Waals surface area contributed by atoms with Crippen molar-refractivity contribution >= 4 is 5.69 Å². The van der Waals surface area contributed by atoms with E-state index in [-0.39, 0.29) is 0 Å². The molecule has 3 rings (SSSR count). The highest BCUT2D eigenvalue weighted by atomic mass is 15.2. The average molecular weight is 216 g/mol. The Kier molecular flexibility index (Phi) is 2.60. The lowest BCUT2D eigenvalue weighted by Crippen LogP contribution is -2.49. The van der Waals surface area contributed by atoms with Gasteiger partial charge < -0.3 is 10.2 Å². The fraction of sp³-hybridized carbons (Fsp3) is 0.571. The number of nitrogens with zero attached hydrogens (tertiary/aromatic N) is 1. The van der Waals surface area contributed by atoms with Crippen molar-refractivity contribution in [3.63, 3.8) is 0 Å². The van der Waals surface area contributed by atoms with Crippen LogP contribution in [-0.4, -0.2) is 25.7 Å². The van der Waals surface area contributed by atoms with Gasteiger partial charge in [-0.05, 0) is 49.4 Å². The molecule has 1 unspecified atom stereocenters. The second-order valence-electron chi connectivity index (χ2n) is 5.11. The highest BCUT2D eigenvalue weighted by Gasteiger charge is 2.18. The highest BCUT2D eigenvalue weighted by Crippen LogP contribution is 2.27. The van der Waals surface area contributed by atoms with E-state index in [1.807, 2.05) is 0 Å². The van der Waals surface area contributed by atoms with Crippen molar-refractivity contribution in [3.8, 4) is 0 Å². The van der Waals surface area contributed by atoms with Gasteiger partial charge in [0.05, 0.1) is 0 Å². The summed E-state index contributed by atoms with van der Waals surface area (Å²) in [6, 6.07) is 7.68. The molecule has 1 saturated heterocycles. The standard InChI is InChI=1S/C14H20N2/c1-11-10-16(8-7-15-11)14-6-5-12-3-2-4-13(12)9-14/h5-6,9,11,15H,2-4,7-8,10H2,1H3. The molecule has 2 nitrogen and oxygen atoms in total. The van der Waals surface area contributed by atoms with E-state index in [1.54, 1.807) is 11.1 Å². The van der Waals surface area contributed by atoms with Crippen LogP contribution < -0.4 is 10.2 Å². The van der Waals surface area contributed by atoms with Gasteiger partial charge >= 0.3 is 0 Å². The Morgan fingerprint density at radius 1 is 1.25 bits per heavy atom. The van der Waals surface area contributed by atoms with E-state index < -0.39 is 0 Å². The monoisotopic (exact) mass is 216 g/mol. The lowest BCUT2D eigenvalue weighted by atomic mass is 10.1. The van der Waals surface area contributed by atoms with Gasteiger partial charge in [0.1, 0.15) is 0 Å². The van der Waals surface area contributed by atoms with Crippen LogP contribution in [0.15, 0.2) is 18.2 Å². The summed E-state index contributed by atoms with van der Waals surface area (Å²) in [5, 5.41) is 3.49. The molecule has 1 aliphatic carbocycles. The summed E-state index contributed by atoms with van der Waals surface area (Å²) in [7, 11) is 0. The number of aryl methyl sites for hydroxylation is 2. The first-order valence-corrected chi connectivity index (χ1v) is 6.43. The number of benzene rings is 1. The molecule has 86 valence electrons. The van der Waals surface area contributed by atoms with E-state index in [1.165, 1.54) is 24.9 Å². The smallest absolute Gasteiger partial charge is 0.0370 e. The highest BCUT2D eigenvalue weighted by molar-refractivity contribution is 5.52. The number of hydrogen-bond acceptors (Lipinski definition) is 2. The molecular formula is C14H20N2. The molecule has 0 radical (unpaired) electrons. The van der Waals surface area contributed by atoms with Gasteiger partial charge in [0.2, 0.25) is 0 Å².